The predicted octanol–water partition coefficient (Wildman–Crippen LogP) is 2.14. The van der Waals surface area contributed by atoms with Crippen LogP contribution in [-0.2, 0) is 9.84 Å². The fourth-order valence-electron chi connectivity index (χ4n) is 2.26. The van der Waals surface area contributed by atoms with Gasteiger partial charge in [-0.15, -0.1) is 13.2 Å². The minimum atomic E-state index is -5.09. The Hall–Kier alpha value is -3.09. The second kappa shape index (κ2) is 6.26. The smallest absolute Gasteiger partial charge is 0.478 e. The van der Waals surface area contributed by atoms with E-state index in [-0.39, 0.29) is 22.5 Å². The predicted molar refractivity (Wildman–Crippen MR) is 84.6 cm³/mol. The summed E-state index contributed by atoms with van der Waals surface area (Å²) in [7, 11) is -4.03. The molecule has 144 valence electrons. The van der Waals surface area contributed by atoms with Crippen LogP contribution < -0.4 is 4.74 Å². The topological polar surface area (TPSA) is 127 Å². The molecule has 0 radical (unpaired) electrons. The first-order chi connectivity index (χ1) is 12.5. The number of alkyl halides is 3. The van der Waals surface area contributed by atoms with E-state index in [0.29, 0.717) is 0 Å². The van der Waals surface area contributed by atoms with Gasteiger partial charge in [0.15, 0.2) is 9.84 Å². The van der Waals surface area contributed by atoms with Gasteiger partial charge in [-0.2, -0.15) is 5.10 Å². The van der Waals surface area contributed by atoms with Gasteiger partial charge in [0.2, 0.25) is 5.95 Å². The Kier molecular flexibility index (Phi) is 4.34. The quantitative estimate of drug-likeness (QED) is 0.667. The molecule has 0 bridgehead atoms. The molecular weight excluding hydrogens is 393 g/mol. The third kappa shape index (κ3) is 3.72. The molecule has 1 aromatic carbocycles. The molecule has 0 atom stereocenters. The number of nitrogens with one attached hydrogen (secondary N) is 1. The summed E-state index contributed by atoms with van der Waals surface area (Å²) in [5, 5.41) is 12.7. The van der Waals surface area contributed by atoms with E-state index in [2.05, 4.69) is 19.8 Å². The van der Waals surface area contributed by atoms with Gasteiger partial charge in [0.1, 0.15) is 10.6 Å². The summed E-state index contributed by atoms with van der Waals surface area (Å²) < 4.78 is 67.1. The number of hydrogen-bond acceptors (Lipinski definition) is 6. The molecule has 27 heavy (non-hydrogen) atoms. The van der Waals surface area contributed by atoms with Crippen molar-refractivity contribution in [3.8, 4) is 11.7 Å². The molecular formula is C14H11F3N4O5S. The monoisotopic (exact) mass is 404 g/mol. The lowest BCUT2D eigenvalue weighted by Crippen LogP contribution is -2.19. The van der Waals surface area contributed by atoms with Gasteiger partial charge in [-0.05, 0) is 6.07 Å². The Balaban J connectivity index is 2.17. The van der Waals surface area contributed by atoms with Gasteiger partial charge in [-0.25, -0.2) is 22.9 Å². The number of sulfone groups is 1. The van der Waals surface area contributed by atoms with Crippen LogP contribution in [0.5, 0.6) is 5.75 Å². The summed E-state index contributed by atoms with van der Waals surface area (Å²) in [6.07, 6.45) is -2.90. The molecule has 0 aliphatic rings. The van der Waals surface area contributed by atoms with Crippen molar-refractivity contribution in [1.82, 2.24) is 19.7 Å². The molecule has 2 heterocycles. The van der Waals surface area contributed by atoms with Crippen LogP contribution in [-0.4, -0.2) is 51.4 Å². The van der Waals surface area contributed by atoms with Gasteiger partial charge >= 0.3 is 12.3 Å². The van der Waals surface area contributed by atoms with Gasteiger partial charge in [-0.1, -0.05) is 6.92 Å². The van der Waals surface area contributed by atoms with Crippen LogP contribution in [0, 0.1) is 0 Å². The van der Waals surface area contributed by atoms with Crippen LogP contribution in [0.1, 0.15) is 17.3 Å². The zero-order valence-electron chi connectivity index (χ0n) is 13.5. The van der Waals surface area contributed by atoms with Crippen molar-refractivity contribution < 1.29 is 36.2 Å². The van der Waals surface area contributed by atoms with Crippen molar-refractivity contribution in [3.05, 3.63) is 30.1 Å². The number of H-pyrrole nitrogens is 1. The van der Waals surface area contributed by atoms with Gasteiger partial charge < -0.3 is 14.8 Å². The number of fused-ring (bicyclic) bond motifs is 1. The largest absolute Gasteiger partial charge is 0.573 e. The molecule has 0 spiro atoms. The van der Waals surface area contributed by atoms with E-state index in [1.54, 1.807) is 0 Å². The van der Waals surface area contributed by atoms with Crippen molar-refractivity contribution in [3.63, 3.8) is 0 Å². The number of benzene rings is 1. The summed E-state index contributed by atoms with van der Waals surface area (Å²) >= 11 is 0. The molecule has 9 nitrogen and oxygen atoms in total. The molecule has 3 rings (SSSR count). The maximum absolute atomic E-state index is 12.6. The summed E-state index contributed by atoms with van der Waals surface area (Å²) in [5.41, 5.74) is -0.0450. The maximum Gasteiger partial charge on any atom is 0.573 e. The SMILES string of the molecule is CCS(=O)(=O)c1cc2[nH]c(-n3cc(C(=O)O)cn3)nc2cc1OC(F)(F)F. The van der Waals surface area contributed by atoms with E-state index in [1.807, 2.05) is 0 Å². The van der Waals surface area contributed by atoms with E-state index in [4.69, 9.17) is 5.11 Å². The highest BCUT2D eigenvalue weighted by Gasteiger charge is 2.34. The number of aromatic amines is 1. The maximum atomic E-state index is 12.6. The first-order valence-electron chi connectivity index (χ1n) is 7.31. The fraction of sp³-hybridized carbons (Fsp3) is 0.214. The average molecular weight is 404 g/mol. The number of carboxylic acid groups (broad SMARTS) is 1. The first kappa shape index (κ1) is 18.7. The zero-order valence-corrected chi connectivity index (χ0v) is 14.3. The fourth-order valence-corrected chi connectivity index (χ4v) is 3.28. The minimum absolute atomic E-state index is 0.0125. The molecule has 0 aliphatic heterocycles. The third-order valence-corrected chi connectivity index (χ3v) is 5.27. The number of carbonyl (C=O) groups is 1. The molecule has 0 fully saturated rings. The molecule has 13 heteroatoms. The van der Waals surface area contributed by atoms with Crippen molar-refractivity contribution >= 4 is 26.8 Å². The molecule has 0 unspecified atom stereocenters. The van der Waals surface area contributed by atoms with Crippen molar-refractivity contribution in [1.29, 1.82) is 0 Å². The Morgan fingerprint density at radius 1 is 1.37 bits per heavy atom. The minimum Gasteiger partial charge on any atom is -0.478 e. The van der Waals surface area contributed by atoms with Crippen LogP contribution in [0.3, 0.4) is 0 Å². The van der Waals surface area contributed by atoms with Gasteiger partial charge in [0.25, 0.3) is 0 Å². The van der Waals surface area contributed by atoms with Gasteiger partial charge in [-0.3, -0.25) is 0 Å². The van der Waals surface area contributed by atoms with E-state index in [9.17, 15) is 26.4 Å². The standard InChI is InChI=1S/C14H11F3N4O5S/c1-2-27(24,25)11-4-9-8(3-10(11)26-14(15,16)17)19-13(20-9)21-6-7(5-18-21)12(22)23/h3-6H,2H2,1H3,(H,19,20)(H,22,23). The first-order valence-corrected chi connectivity index (χ1v) is 8.96. The average Bonchev–Trinajstić information content (AvgIpc) is 3.18. The lowest BCUT2D eigenvalue weighted by molar-refractivity contribution is -0.275. The molecule has 2 N–H and O–H groups in total. The van der Waals surface area contributed by atoms with Crippen LogP contribution >= 0.6 is 0 Å². The molecule has 0 saturated heterocycles. The van der Waals surface area contributed by atoms with E-state index >= 15 is 0 Å². The molecule has 0 amide bonds. The van der Waals surface area contributed by atoms with Crippen LogP contribution in [0.2, 0.25) is 0 Å². The number of nitrogens with zero attached hydrogens (tertiary/aromatic N) is 3. The van der Waals surface area contributed by atoms with E-state index in [1.165, 1.54) is 6.92 Å². The van der Waals surface area contributed by atoms with Gasteiger partial charge in [0.05, 0.1) is 28.5 Å². The molecule has 3 aromatic rings. The van der Waals surface area contributed by atoms with E-state index < -0.39 is 38.6 Å². The highest BCUT2D eigenvalue weighted by molar-refractivity contribution is 7.91. The Morgan fingerprint density at radius 3 is 2.63 bits per heavy atom. The number of aromatic carboxylic acids is 1. The number of imidazole rings is 1. The highest BCUT2D eigenvalue weighted by atomic mass is 32.2. The van der Waals surface area contributed by atoms with Crippen molar-refractivity contribution in [2.45, 2.75) is 18.2 Å². The second-order valence-electron chi connectivity index (χ2n) is 5.31. The van der Waals surface area contributed by atoms with Crippen LogP contribution in [0.15, 0.2) is 29.4 Å². The number of carboxylic acids is 1. The zero-order chi connectivity index (χ0) is 20.0. The Morgan fingerprint density at radius 2 is 2.07 bits per heavy atom. The number of hydrogen-bond donors (Lipinski definition) is 2. The summed E-state index contributed by atoms with van der Waals surface area (Å²) in [6.45, 7) is 1.28. The Bertz CT molecular complexity index is 1130. The normalized spacial score (nSPS) is 12.4. The third-order valence-electron chi connectivity index (χ3n) is 3.52. The van der Waals surface area contributed by atoms with E-state index in [0.717, 1.165) is 29.2 Å². The summed E-state index contributed by atoms with van der Waals surface area (Å²) in [6, 6.07) is 1.82. The lowest BCUT2D eigenvalue weighted by Gasteiger charge is -2.13. The highest BCUT2D eigenvalue weighted by Crippen LogP contribution is 2.33. The van der Waals surface area contributed by atoms with Crippen LogP contribution in [0.4, 0.5) is 13.2 Å². The molecule has 0 aliphatic carbocycles. The number of rotatable bonds is 5. The van der Waals surface area contributed by atoms with Gasteiger partial charge in [0, 0.05) is 12.3 Å². The summed E-state index contributed by atoms with van der Waals surface area (Å²) in [5.74, 6) is -2.58. The summed E-state index contributed by atoms with van der Waals surface area (Å²) in [4.78, 5) is 17.0. The second-order valence-corrected chi connectivity index (χ2v) is 7.55. The number of aromatic nitrogens is 4. The van der Waals surface area contributed by atoms with Crippen molar-refractivity contribution in [2.75, 3.05) is 5.75 Å². The van der Waals surface area contributed by atoms with Crippen LogP contribution in [0.25, 0.3) is 17.0 Å². The Labute approximate surface area is 149 Å². The lowest BCUT2D eigenvalue weighted by atomic mass is 10.3. The number of ether oxygens (including phenoxy) is 1. The molecule has 2 aromatic heterocycles. The molecule has 0 saturated carbocycles. The number of halogens is 3. The van der Waals surface area contributed by atoms with Crippen molar-refractivity contribution in [2.24, 2.45) is 0 Å².